The molecule has 5 nitrogen and oxygen atoms in total. The molecule has 3 aromatic rings. The number of nitrogens with zero attached hydrogens (tertiary/aromatic N) is 5. The second-order valence-corrected chi connectivity index (χ2v) is 4.41. The predicted molar refractivity (Wildman–Crippen MR) is 79.6 cm³/mol. The second-order valence-electron chi connectivity index (χ2n) is 4.41. The van der Waals surface area contributed by atoms with Crippen LogP contribution in [0.25, 0.3) is 0 Å². The van der Waals surface area contributed by atoms with Crippen molar-refractivity contribution in [2.75, 3.05) is 0 Å². The maximum atomic E-state index is 9.12. The number of hydrogen-bond donors (Lipinski definition) is 0. The van der Waals surface area contributed by atoms with E-state index in [1.54, 1.807) is 30.3 Å². The van der Waals surface area contributed by atoms with Crippen LogP contribution in [-0.2, 0) is 0 Å². The zero-order chi connectivity index (χ0) is 18.8. The zero-order valence-electron chi connectivity index (χ0n) is 15.3. The highest BCUT2D eigenvalue weighted by Gasteiger charge is 2.17. The Labute approximate surface area is 133 Å². The van der Waals surface area contributed by atoms with Gasteiger partial charge in [0.2, 0.25) is 0 Å². The Balaban J connectivity index is 2.31. The summed E-state index contributed by atoms with van der Waals surface area (Å²) in [6, 6.07) is 8.04. The van der Waals surface area contributed by atoms with E-state index in [0.29, 0.717) is 11.1 Å². The number of rotatable bonds is 3. The Hall–Kier alpha value is -3.44. The minimum absolute atomic E-state index is 0.0780. The monoisotopic (exact) mass is 289 g/mol. The molecule has 0 N–H and O–H groups in total. The molecule has 0 aliphatic heterocycles. The third-order valence-electron chi connectivity index (χ3n) is 3.09. The number of hydrogen-bond acceptors (Lipinski definition) is 4. The second kappa shape index (κ2) is 5.90. The average molecular weight is 289 g/mol. The summed E-state index contributed by atoms with van der Waals surface area (Å²) in [5.74, 6) is 0. The number of nitriles is 2. The van der Waals surface area contributed by atoms with Crippen molar-refractivity contribution in [1.82, 2.24) is 14.8 Å². The van der Waals surface area contributed by atoms with Crippen LogP contribution in [-0.4, -0.2) is 14.8 Å². The van der Waals surface area contributed by atoms with Gasteiger partial charge in [0.15, 0.2) is 0 Å². The highest BCUT2D eigenvalue weighted by atomic mass is 15.3. The van der Waals surface area contributed by atoms with Gasteiger partial charge in [0.25, 0.3) is 0 Å². The smallest absolute Gasteiger partial charge is 0.137 e. The molecule has 0 saturated carbocycles. The summed E-state index contributed by atoms with van der Waals surface area (Å²) < 4.78 is 34.0. The van der Waals surface area contributed by atoms with Crippen LogP contribution in [0, 0.1) is 22.7 Å². The lowest BCUT2D eigenvalue weighted by molar-refractivity contribution is 0.594. The summed E-state index contributed by atoms with van der Waals surface area (Å²) in [6.07, 6.45) is 2.71. The van der Waals surface area contributed by atoms with E-state index >= 15 is 0 Å². The van der Waals surface area contributed by atoms with Gasteiger partial charge in [-0.2, -0.15) is 15.6 Å². The SMILES string of the molecule is [2H]c1c([2H])c(C(c2ccc(C#N)cc2)n2cncn2)c([2H])c([2H])c1C#N. The molecule has 22 heavy (non-hydrogen) atoms. The van der Waals surface area contributed by atoms with Crippen molar-refractivity contribution in [3.8, 4) is 12.1 Å². The Kier molecular flexibility index (Phi) is 2.55. The van der Waals surface area contributed by atoms with E-state index in [2.05, 4.69) is 10.1 Å². The van der Waals surface area contributed by atoms with Crippen molar-refractivity contribution in [3.05, 3.63) is 83.3 Å². The normalized spacial score (nSPS) is 13.9. The highest BCUT2D eigenvalue weighted by Crippen LogP contribution is 2.26. The first-order valence-corrected chi connectivity index (χ1v) is 6.34. The first kappa shape index (κ1) is 9.49. The molecule has 1 aromatic heterocycles. The van der Waals surface area contributed by atoms with Crippen molar-refractivity contribution in [1.29, 1.82) is 10.5 Å². The van der Waals surface area contributed by atoms with Gasteiger partial charge in [-0.3, -0.25) is 0 Å². The fraction of sp³-hybridized carbons (Fsp3) is 0.0588. The number of aromatic nitrogens is 3. The van der Waals surface area contributed by atoms with Gasteiger partial charge >= 0.3 is 0 Å². The Morgan fingerprint density at radius 1 is 0.955 bits per heavy atom. The van der Waals surface area contributed by atoms with Gasteiger partial charge in [0.1, 0.15) is 18.7 Å². The van der Waals surface area contributed by atoms with Crippen LogP contribution in [0.3, 0.4) is 0 Å². The minimum atomic E-state index is -0.786. The van der Waals surface area contributed by atoms with Crippen molar-refractivity contribution in [2.45, 2.75) is 6.04 Å². The molecule has 1 heterocycles. The summed E-state index contributed by atoms with van der Waals surface area (Å²) in [5.41, 5.74) is 0.834. The van der Waals surface area contributed by atoms with Gasteiger partial charge in [0.05, 0.1) is 28.7 Å². The molecule has 0 aliphatic rings. The summed E-state index contributed by atoms with van der Waals surface area (Å²) in [6.45, 7) is 0. The summed E-state index contributed by atoms with van der Waals surface area (Å²) >= 11 is 0. The van der Waals surface area contributed by atoms with Gasteiger partial charge in [-0.1, -0.05) is 24.2 Å². The standard InChI is InChI=1S/C17H11N5/c18-9-13-1-5-15(6-2-13)17(22-12-20-11-21-22)16-7-3-14(10-19)4-8-16/h1-8,11-12,17H/i1D,2D,5D,6D. The molecule has 2 aromatic carbocycles. The first-order valence-electron chi connectivity index (χ1n) is 8.34. The Morgan fingerprint density at radius 2 is 1.64 bits per heavy atom. The highest BCUT2D eigenvalue weighted by molar-refractivity contribution is 5.40. The number of benzene rings is 2. The van der Waals surface area contributed by atoms with Crippen LogP contribution in [0.2, 0.25) is 0 Å². The van der Waals surface area contributed by atoms with Gasteiger partial charge in [-0.15, -0.1) is 0 Å². The molecule has 0 fully saturated rings. The predicted octanol–water partition coefficient (Wildman–Crippen LogP) is 2.66. The molecule has 0 amide bonds. The first-order chi connectivity index (χ1) is 12.5. The maximum absolute atomic E-state index is 9.12. The van der Waals surface area contributed by atoms with E-state index in [9.17, 15) is 0 Å². The molecule has 1 atom stereocenters. The molecule has 0 aliphatic carbocycles. The average Bonchev–Trinajstić information content (AvgIpc) is 3.18. The quantitative estimate of drug-likeness (QED) is 0.742. The summed E-state index contributed by atoms with van der Waals surface area (Å²) in [4.78, 5) is 3.90. The fourth-order valence-corrected chi connectivity index (χ4v) is 2.06. The van der Waals surface area contributed by atoms with E-state index in [4.69, 9.17) is 16.0 Å². The van der Waals surface area contributed by atoms with Crippen molar-refractivity contribution >= 4 is 0 Å². The topological polar surface area (TPSA) is 78.3 Å². The van der Waals surface area contributed by atoms with Crippen molar-refractivity contribution in [3.63, 3.8) is 0 Å². The Bertz CT molecular complexity index is 1020. The molecular weight excluding hydrogens is 274 g/mol. The van der Waals surface area contributed by atoms with E-state index < -0.39 is 18.1 Å². The minimum Gasteiger partial charge on any atom is -0.241 e. The molecule has 104 valence electrons. The van der Waals surface area contributed by atoms with Crippen LogP contribution in [0.1, 0.15) is 33.8 Å². The van der Waals surface area contributed by atoms with E-state index in [0.717, 1.165) is 0 Å². The van der Waals surface area contributed by atoms with E-state index in [-0.39, 0.29) is 23.2 Å². The van der Waals surface area contributed by atoms with Crippen molar-refractivity contribution in [2.24, 2.45) is 0 Å². The molecule has 3 rings (SSSR count). The van der Waals surface area contributed by atoms with Gasteiger partial charge < -0.3 is 0 Å². The third-order valence-corrected chi connectivity index (χ3v) is 3.09. The molecule has 5 heteroatoms. The molecule has 0 spiro atoms. The molecular formula is C17H11N5. The van der Waals surface area contributed by atoms with Gasteiger partial charge in [-0.05, 0) is 35.3 Å². The third kappa shape index (κ3) is 2.56. The summed E-state index contributed by atoms with van der Waals surface area (Å²) in [7, 11) is 0. The lowest BCUT2D eigenvalue weighted by atomic mass is 9.97. The lowest BCUT2D eigenvalue weighted by Crippen LogP contribution is -2.13. The Morgan fingerprint density at radius 3 is 2.18 bits per heavy atom. The van der Waals surface area contributed by atoms with Gasteiger partial charge in [-0.25, -0.2) is 9.67 Å². The molecule has 0 bridgehead atoms. The van der Waals surface area contributed by atoms with Gasteiger partial charge in [0, 0.05) is 0 Å². The van der Waals surface area contributed by atoms with Crippen molar-refractivity contribution < 1.29 is 5.48 Å². The molecule has 0 saturated heterocycles. The van der Waals surface area contributed by atoms with Crippen LogP contribution in [0.5, 0.6) is 0 Å². The zero-order valence-corrected chi connectivity index (χ0v) is 11.3. The lowest BCUT2D eigenvalue weighted by Gasteiger charge is -2.18. The molecule has 0 radical (unpaired) electrons. The van der Waals surface area contributed by atoms with Crippen LogP contribution in [0.4, 0.5) is 0 Å². The molecule has 1 unspecified atom stereocenters. The summed E-state index contributed by atoms with van der Waals surface area (Å²) in [5, 5.41) is 22.2. The van der Waals surface area contributed by atoms with Crippen LogP contribution >= 0.6 is 0 Å². The fourth-order valence-electron chi connectivity index (χ4n) is 2.06. The van der Waals surface area contributed by atoms with E-state index in [1.807, 2.05) is 6.07 Å². The van der Waals surface area contributed by atoms with Crippen LogP contribution < -0.4 is 0 Å². The largest absolute Gasteiger partial charge is 0.241 e. The van der Waals surface area contributed by atoms with Crippen LogP contribution in [0.15, 0.2) is 61.1 Å². The van der Waals surface area contributed by atoms with E-state index in [1.165, 1.54) is 17.3 Å². The maximum Gasteiger partial charge on any atom is 0.137 e.